The molecule has 8 heteroatoms. The summed E-state index contributed by atoms with van der Waals surface area (Å²) in [6, 6.07) is 0. The van der Waals surface area contributed by atoms with Crippen molar-refractivity contribution in [3.8, 4) is 0 Å². The van der Waals surface area contributed by atoms with Crippen LogP contribution in [-0.4, -0.2) is 34.3 Å². The molecule has 0 unspecified atom stereocenters. The van der Waals surface area contributed by atoms with Gasteiger partial charge in [0.2, 0.25) is 0 Å². The van der Waals surface area contributed by atoms with Gasteiger partial charge < -0.3 is 0 Å². The molecule has 0 fully saturated rings. The van der Waals surface area contributed by atoms with Crippen LogP contribution in [0.1, 0.15) is 0 Å². The number of hydrogen-bond donors (Lipinski definition) is 0. The van der Waals surface area contributed by atoms with Crippen molar-refractivity contribution in [2.75, 3.05) is 12.5 Å². The predicted molar refractivity (Wildman–Crippen MR) is 48.3 cm³/mol. The molecule has 13 heavy (non-hydrogen) atoms. The molecule has 1 aromatic heterocycles. The van der Waals surface area contributed by atoms with Gasteiger partial charge in [-0.25, -0.2) is 21.8 Å². The van der Waals surface area contributed by atoms with Crippen molar-refractivity contribution in [1.82, 2.24) is 4.98 Å². The summed E-state index contributed by atoms with van der Waals surface area (Å²) in [5.74, 6) is 0. The highest BCUT2D eigenvalue weighted by Gasteiger charge is 2.23. The molecule has 0 aromatic carbocycles. The lowest BCUT2D eigenvalue weighted by Gasteiger charge is -1.95. The summed E-state index contributed by atoms with van der Waals surface area (Å²) in [6.07, 6.45) is 1.88. The fourth-order valence-corrected chi connectivity index (χ4v) is 4.44. The van der Waals surface area contributed by atoms with Gasteiger partial charge in [0.25, 0.3) is 0 Å². The first-order valence-corrected chi connectivity index (χ1v) is 7.73. The number of nitrogens with zero attached hydrogens (tertiary/aromatic N) is 1. The Morgan fingerprint density at radius 1 is 1.15 bits per heavy atom. The molecule has 0 aliphatic rings. The second-order valence-corrected chi connectivity index (χ2v) is 7.49. The zero-order chi connectivity index (χ0) is 10.3. The molecule has 0 saturated heterocycles. The zero-order valence-electron chi connectivity index (χ0n) is 6.88. The van der Waals surface area contributed by atoms with Gasteiger partial charge in [-0.15, -0.1) is 11.3 Å². The zero-order valence-corrected chi connectivity index (χ0v) is 9.33. The van der Waals surface area contributed by atoms with Gasteiger partial charge >= 0.3 is 0 Å². The number of rotatable bonds is 2. The summed E-state index contributed by atoms with van der Waals surface area (Å²) < 4.78 is 44.0. The van der Waals surface area contributed by atoms with Crippen molar-refractivity contribution in [3.05, 3.63) is 5.51 Å². The van der Waals surface area contributed by atoms with Gasteiger partial charge in [0.05, 0.1) is 5.51 Å². The van der Waals surface area contributed by atoms with E-state index in [0.29, 0.717) is 0 Å². The molecule has 0 bridgehead atoms. The molecule has 0 radical (unpaired) electrons. The smallest absolute Gasteiger partial charge is 0.194 e. The van der Waals surface area contributed by atoms with Crippen LogP contribution in [-0.2, 0) is 19.7 Å². The standard InChI is InChI=1S/C5H7NO4S3/c1-12(7,8)4-5(11-3-6-4)13(2,9)10/h3H,1-2H3. The summed E-state index contributed by atoms with van der Waals surface area (Å²) in [5, 5.41) is -0.361. The number of aromatic nitrogens is 1. The summed E-state index contributed by atoms with van der Waals surface area (Å²) in [4.78, 5) is 3.51. The summed E-state index contributed by atoms with van der Waals surface area (Å²) in [7, 11) is -7.05. The monoisotopic (exact) mass is 241 g/mol. The number of thiazole rings is 1. The molecule has 0 spiro atoms. The van der Waals surface area contributed by atoms with E-state index in [4.69, 9.17) is 0 Å². The van der Waals surface area contributed by atoms with E-state index in [2.05, 4.69) is 4.98 Å². The Bertz CT molecular complexity index is 463. The average molecular weight is 241 g/mol. The number of sulfone groups is 2. The van der Waals surface area contributed by atoms with E-state index in [9.17, 15) is 16.8 Å². The maximum atomic E-state index is 11.1. The van der Waals surface area contributed by atoms with Gasteiger partial charge in [-0.2, -0.15) is 0 Å². The average Bonchev–Trinajstić information content (AvgIpc) is 2.27. The lowest BCUT2D eigenvalue weighted by atomic mass is 11.0. The first kappa shape index (κ1) is 10.6. The molecular weight excluding hydrogens is 234 g/mol. The van der Waals surface area contributed by atoms with Crippen LogP contribution in [0.2, 0.25) is 0 Å². The Morgan fingerprint density at radius 2 is 1.69 bits per heavy atom. The van der Waals surface area contributed by atoms with Crippen molar-refractivity contribution in [1.29, 1.82) is 0 Å². The molecule has 0 aliphatic heterocycles. The van der Waals surface area contributed by atoms with Gasteiger partial charge in [-0.3, -0.25) is 0 Å². The molecule has 0 atom stereocenters. The first-order valence-electron chi connectivity index (χ1n) is 3.06. The Balaban J connectivity index is 3.54. The van der Waals surface area contributed by atoms with Crippen LogP contribution < -0.4 is 0 Å². The molecule has 0 amide bonds. The lowest BCUT2D eigenvalue weighted by Crippen LogP contribution is -2.05. The fraction of sp³-hybridized carbons (Fsp3) is 0.400. The summed E-state index contributed by atoms with van der Waals surface area (Å²) in [5.41, 5.74) is 1.20. The highest BCUT2D eigenvalue weighted by molar-refractivity contribution is 7.95. The third-order valence-corrected chi connectivity index (χ3v) is 5.14. The van der Waals surface area contributed by atoms with Crippen molar-refractivity contribution in [2.45, 2.75) is 9.24 Å². The largest absolute Gasteiger partial charge is 0.232 e. The maximum Gasteiger partial charge on any atom is 0.194 e. The van der Waals surface area contributed by atoms with Crippen LogP contribution in [0.25, 0.3) is 0 Å². The van der Waals surface area contributed by atoms with Gasteiger partial charge in [0.1, 0.15) is 0 Å². The summed E-state index contributed by atoms with van der Waals surface area (Å²) >= 11 is 0.805. The van der Waals surface area contributed by atoms with Crippen LogP contribution in [0.3, 0.4) is 0 Å². The van der Waals surface area contributed by atoms with Gasteiger partial charge in [0, 0.05) is 12.5 Å². The van der Waals surface area contributed by atoms with Gasteiger partial charge in [-0.1, -0.05) is 0 Å². The van der Waals surface area contributed by atoms with Gasteiger partial charge in [0.15, 0.2) is 28.9 Å². The van der Waals surface area contributed by atoms with E-state index in [-0.39, 0.29) is 9.24 Å². The Hall–Kier alpha value is -0.470. The molecule has 0 aliphatic carbocycles. The third-order valence-electron chi connectivity index (χ3n) is 1.19. The normalized spacial score (nSPS) is 13.1. The van der Waals surface area contributed by atoms with Crippen LogP contribution in [0.5, 0.6) is 0 Å². The molecule has 1 heterocycles. The molecule has 74 valence electrons. The minimum atomic E-state index is -3.55. The Kier molecular flexibility index (Phi) is 2.48. The second kappa shape index (κ2) is 3.03. The minimum absolute atomic E-state index is 0.199. The van der Waals surface area contributed by atoms with Crippen molar-refractivity contribution in [3.63, 3.8) is 0 Å². The van der Waals surface area contributed by atoms with Crippen molar-refractivity contribution >= 4 is 31.0 Å². The first-order chi connectivity index (χ1) is 5.73. The third kappa shape index (κ3) is 2.26. The van der Waals surface area contributed by atoms with Gasteiger partial charge in [-0.05, 0) is 0 Å². The van der Waals surface area contributed by atoms with E-state index in [1.807, 2.05) is 0 Å². The van der Waals surface area contributed by atoms with E-state index < -0.39 is 19.7 Å². The van der Waals surface area contributed by atoms with Crippen LogP contribution in [0.4, 0.5) is 0 Å². The molecular formula is C5H7NO4S3. The van der Waals surface area contributed by atoms with E-state index in [1.54, 1.807) is 0 Å². The topological polar surface area (TPSA) is 81.2 Å². The second-order valence-electron chi connectivity index (χ2n) is 2.49. The van der Waals surface area contributed by atoms with E-state index >= 15 is 0 Å². The predicted octanol–water partition coefficient (Wildman–Crippen LogP) is -0.0499. The van der Waals surface area contributed by atoms with Crippen molar-refractivity contribution < 1.29 is 16.8 Å². The molecule has 0 saturated carbocycles. The van der Waals surface area contributed by atoms with Crippen LogP contribution in [0, 0.1) is 0 Å². The molecule has 1 aromatic rings. The fourth-order valence-electron chi connectivity index (χ4n) is 0.718. The highest BCUT2D eigenvalue weighted by atomic mass is 32.2. The maximum absolute atomic E-state index is 11.1. The van der Waals surface area contributed by atoms with Crippen LogP contribution >= 0.6 is 11.3 Å². The minimum Gasteiger partial charge on any atom is -0.232 e. The van der Waals surface area contributed by atoms with E-state index in [0.717, 1.165) is 23.8 Å². The Morgan fingerprint density at radius 3 is 2.00 bits per heavy atom. The van der Waals surface area contributed by atoms with E-state index in [1.165, 1.54) is 5.51 Å². The SMILES string of the molecule is CS(=O)(=O)c1ncsc1S(C)(=O)=O. The molecule has 5 nitrogen and oxygen atoms in total. The quantitative estimate of drug-likeness (QED) is 0.725. The summed E-state index contributed by atoms with van der Waals surface area (Å²) in [6.45, 7) is 0. The molecule has 0 N–H and O–H groups in total. The Labute approximate surface area is 80.3 Å². The lowest BCUT2D eigenvalue weighted by molar-refractivity contribution is 0.588. The highest BCUT2D eigenvalue weighted by Crippen LogP contribution is 2.23. The van der Waals surface area contributed by atoms with Crippen LogP contribution in [0.15, 0.2) is 14.7 Å². The van der Waals surface area contributed by atoms with Crippen molar-refractivity contribution in [2.24, 2.45) is 0 Å². The molecule has 1 rings (SSSR count). The number of hydrogen-bond acceptors (Lipinski definition) is 6.